The fourth-order valence-corrected chi connectivity index (χ4v) is 2.12. The number of nitrogens with one attached hydrogen (secondary N) is 1. The number of imidazole rings is 1. The van der Waals surface area contributed by atoms with Crippen LogP contribution in [-0.2, 0) is 0 Å². The zero-order valence-electron chi connectivity index (χ0n) is 9.11. The third kappa shape index (κ3) is 1.72. The first-order chi connectivity index (χ1) is 8.25. The van der Waals surface area contributed by atoms with Crippen molar-refractivity contribution in [2.24, 2.45) is 0 Å². The van der Waals surface area contributed by atoms with Gasteiger partial charge in [0.1, 0.15) is 17.7 Å². The second kappa shape index (κ2) is 3.92. The minimum atomic E-state index is 0.689. The molecule has 4 nitrogen and oxygen atoms in total. The molecule has 3 aromatic rings. The highest BCUT2D eigenvalue weighted by Gasteiger charge is 2.09. The molecule has 0 saturated carbocycles. The minimum Gasteiger partial charge on any atom is -0.335 e. The highest BCUT2D eigenvalue weighted by molar-refractivity contribution is 9.10. The quantitative estimate of drug-likeness (QED) is 0.749. The topological polar surface area (TPSA) is 54.5 Å². The van der Waals surface area contributed by atoms with Crippen LogP contribution in [0.5, 0.6) is 0 Å². The summed E-state index contributed by atoms with van der Waals surface area (Å²) in [6.45, 7) is 2.05. The van der Waals surface area contributed by atoms with E-state index in [0.29, 0.717) is 5.65 Å². The van der Waals surface area contributed by atoms with Gasteiger partial charge in [0.05, 0.1) is 6.20 Å². The standard InChI is InChI=1S/C12H9BrN4/c1-7-8(3-2-4-9(7)13)11-16-10-5-14-6-15-12(10)17-11/h2-6H,1H3,(H,14,15,16,17). The van der Waals surface area contributed by atoms with Gasteiger partial charge in [0, 0.05) is 10.0 Å². The molecule has 0 unspecified atom stereocenters. The zero-order chi connectivity index (χ0) is 11.8. The monoisotopic (exact) mass is 288 g/mol. The van der Waals surface area contributed by atoms with Gasteiger partial charge in [-0.15, -0.1) is 0 Å². The van der Waals surface area contributed by atoms with Gasteiger partial charge in [0.25, 0.3) is 0 Å². The second-order valence-electron chi connectivity index (χ2n) is 3.76. The Morgan fingerprint density at radius 1 is 1.29 bits per heavy atom. The molecular weight excluding hydrogens is 280 g/mol. The maximum Gasteiger partial charge on any atom is 0.181 e. The maximum atomic E-state index is 4.46. The molecule has 0 atom stereocenters. The van der Waals surface area contributed by atoms with Crippen molar-refractivity contribution in [1.29, 1.82) is 0 Å². The van der Waals surface area contributed by atoms with E-state index in [9.17, 15) is 0 Å². The van der Waals surface area contributed by atoms with Crippen molar-refractivity contribution >= 4 is 27.1 Å². The summed E-state index contributed by atoms with van der Waals surface area (Å²) in [6, 6.07) is 6.04. The number of benzene rings is 1. The van der Waals surface area contributed by atoms with E-state index in [4.69, 9.17) is 0 Å². The van der Waals surface area contributed by atoms with Gasteiger partial charge in [-0.3, -0.25) is 0 Å². The largest absolute Gasteiger partial charge is 0.335 e. The lowest BCUT2D eigenvalue weighted by molar-refractivity contribution is 1.20. The highest BCUT2D eigenvalue weighted by atomic mass is 79.9. The lowest BCUT2D eigenvalue weighted by Gasteiger charge is -2.03. The maximum absolute atomic E-state index is 4.46. The average Bonchev–Trinajstić information content (AvgIpc) is 2.76. The number of aromatic nitrogens is 4. The van der Waals surface area contributed by atoms with E-state index < -0.39 is 0 Å². The van der Waals surface area contributed by atoms with Crippen LogP contribution in [0.3, 0.4) is 0 Å². The molecule has 0 bridgehead atoms. The third-order valence-electron chi connectivity index (χ3n) is 2.68. The number of nitrogens with zero attached hydrogens (tertiary/aromatic N) is 3. The molecular formula is C12H9BrN4. The number of rotatable bonds is 1. The summed E-state index contributed by atoms with van der Waals surface area (Å²) in [5, 5.41) is 0. The molecule has 2 aromatic heterocycles. The van der Waals surface area contributed by atoms with Crippen LogP contribution in [0.15, 0.2) is 35.2 Å². The Morgan fingerprint density at radius 3 is 3.00 bits per heavy atom. The number of hydrogen-bond acceptors (Lipinski definition) is 3. The molecule has 0 radical (unpaired) electrons. The summed E-state index contributed by atoms with van der Waals surface area (Å²) in [7, 11) is 0. The Morgan fingerprint density at radius 2 is 2.18 bits per heavy atom. The SMILES string of the molecule is Cc1c(Br)cccc1-c1nc2ncncc2[nH]1. The van der Waals surface area contributed by atoms with Crippen molar-refractivity contribution in [2.45, 2.75) is 6.92 Å². The van der Waals surface area contributed by atoms with Gasteiger partial charge >= 0.3 is 0 Å². The predicted octanol–water partition coefficient (Wildman–Crippen LogP) is 3.09. The van der Waals surface area contributed by atoms with Crippen molar-refractivity contribution in [1.82, 2.24) is 19.9 Å². The molecule has 84 valence electrons. The first-order valence-electron chi connectivity index (χ1n) is 5.17. The molecule has 5 heteroatoms. The van der Waals surface area contributed by atoms with E-state index >= 15 is 0 Å². The Hall–Kier alpha value is -1.75. The third-order valence-corrected chi connectivity index (χ3v) is 3.54. The number of halogens is 1. The van der Waals surface area contributed by atoms with E-state index in [2.05, 4.69) is 42.8 Å². The second-order valence-corrected chi connectivity index (χ2v) is 4.61. The fraction of sp³-hybridized carbons (Fsp3) is 0.0833. The molecule has 1 aromatic carbocycles. The molecule has 17 heavy (non-hydrogen) atoms. The van der Waals surface area contributed by atoms with Crippen molar-refractivity contribution in [2.75, 3.05) is 0 Å². The van der Waals surface area contributed by atoms with Gasteiger partial charge in [-0.25, -0.2) is 15.0 Å². The molecule has 1 N–H and O–H groups in total. The molecule has 0 aliphatic heterocycles. The van der Waals surface area contributed by atoms with E-state index in [-0.39, 0.29) is 0 Å². The smallest absolute Gasteiger partial charge is 0.181 e. The van der Waals surface area contributed by atoms with E-state index in [1.165, 1.54) is 6.33 Å². The van der Waals surface area contributed by atoms with Gasteiger partial charge in [-0.05, 0) is 18.6 Å². The Labute approximate surface area is 106 Å². The van der Waals surface area contributed by atoms with Gasteiger partial charge < -0.3 is 4.98 Å². The normalized spacial score (nSPS) is 10.9. The Bertz CT molecular complexity index is 657. The van der Waals surface area contributed by atoms with Crippen LogP contribution in [0.25, 0.3) is 22.6 Å². The van der Waals surface area contributed by atoms with Crippen molar-refractivity contribution in [3.05, 3.63) is 40.8 Å². The van der Waals surface area contributed by atoms with E-state index in [1.54, 1.807) is 6.20 Å². The molecule has 2 heterocycles. The van der Waals surface area contributed by atoms with Gasteiger partial charge in [0.2, 0.25) is 0 Å². The first kappa shape index (κ1) is 10.4. The van der Waals surface area contributed by atoms with Crippen LogP contribution >= 0.6 is 15.9 Å². The summed E-state index contributed by atoms with van der Waals surface area (Å²) < 4.78 is 1.07. The molecule has 0 aliphatic carbocycles. The fourth-order valence-electron chi connectivity index (χ4n) is 1.75. The summed E-state index contributed by atoms with van der Waals surface area (Å²) in [4.78, 5) is 15.8. The first-order valence-corrected chi connectivity index (χ1v) is 5.96. The van der Waals surface area contributed by atoms with Gasteiger partial charge in [-0.1, -0.05) is 28.1 Å². The summed E-state index contributed by atoms with van der Waals surface area (Å²) in [5.41, 5.74) is 3.76. The lowest BCUT2D eigenvalue weighted by Crippen LogP contribution is -1.86. The van der Waals surface area contributed by atoms with Gasteiger partial charge in [-0.2, -0.15) is 0 Å². The Balaban J connectivity index is 2.24. The van der Waals surface area contributed by atoms with Crippen molar-refractivity contribution in [3.63, 3.8) is 0 Å². The number of H-pyrrole nitrogens is 1. The molecule has 0 aliphatic rings. The molecule has 0 spiro atoms. The van der Waals surface area contributed by atoms with Crippen LogP contribution < -0.4 is 0 Å². The van der Waals surface area contributed by atoms with Crippen molar-refractivity contribution in [3.8, 4) is 11.4 Å². The van der Waals surface area contributed by atoms with Crippen LogP contribution in [0.4, 0.5) is 0 Å². The Kier molecular flexibility index (Phi) is 2.40. The van der Waals surface area contributed by atoms with E-state index in [0.717, 1.165) is 26.9 Å². The van der Waals surface area contributed by atoms with Crippen LogP contribution in [0, 0.1) is 6.92 Å². The number of fused-ring (bicyclic) bond motifs is 1. The van der Waals surface area contributed by atoms with Gasteiger partial charge in [0.15, 0.2) is 5.65 Å². The lowest BCUT2D eigenvalue weighted by atomic mass is 10.1. The molecule has 0 fully saturated rings. The van der Waals surface area contributed by atoms with Crippen molar-refractivity contribution < 1.29 is 0 Å². The van der Waals surface area contributed by atoms with Crippen LogP contribution in [0.1, 0.15) is 5.56 Å². The number of hydrogen-bond donors (Lipinski definition) is 1. The zero-order valence-corrected chi connectivity index (χ0v) is 10.7. The summed E-state index contributed by atoms with van der Waals surface area (Å²) in [6.07, 6.45) is 3.23. The number of aromatic amines is 1. The minimum absolute atomic E-state index is 0.689. The summed E-state index contributed by atoms with van der Waals surface area (Å²) >= 11 is 3.52. The predicted molar refractivity (Wildman–Crippen MR) is 69.6 cm³/mol. The van der Waals surface area contributed by atoms with Crippen LogP contribution in [-0.4, -0.2) is 19.9 Å². The average molecular weight is 289 g/mol. The molecule has 3 rings (SSSR count). The summed E-state index contributed by atoms with van der Waals surface area (Å²) in [5.74, 6) is 0.819. The molecule has 0 saturated heterocycles. The van der Waals surface area contributed by atoms with E-state index in [1.807, 2.05) is 18.2 Å². The highest BCUT2D eigenvalue weighted by Crippen LogP contribution is 2.27. The van der Waals surface area contributed by atoms with Crippen LogP contribution in [0.2, 0.25) is 0 Å². The molecule has 0 amide bonds.